The summed E-state index contributed by atoms with van der Waals surface area (Å²) in [7, 11) is -4.31. The highest BCUT2D eigenvalue weighted by Gasteiger charge is 2.27. The molecule has 0 aliphatic heterocycles. The van der Waals surface area contributed by atoms with E-state index in [2.05, 4.69) is 98.8 Å². The van der Waals surface area contributed by atoms with E-state index in [1.54, 1.807) is 12.1 Å². The van der Waals surface area contributed by atoms with Crippen LogP contribution in [0.25, 0.3) is 0 Å². The largest absolute Gasteiger partial charge is 0.744 e. The van der Waals surface area contributed by atoms with E-state index < -0.39 is 10.1 Å². The number of hydrogen-bond donors (Lipinski definition) is 0. The molecule has 176 valence electrons. The standard InChI is InChI=1S/C19H17S.C10H14O3S/c1-16-12-14-19(15-13-16)20(17-8-4-2-5-9-17)18-10-6-3-7-11-18;1-2-3-4-9-5-7-10(8-6-9)14(11,12)13/h2-15H,1H3;5-8H,2-4H2,1H3,(H,11,12,13)/q+1;/p-1. The van der Waals surface area contributed by atoms with Gasteiger partial charge < -0.3 is 4.55 Å². The molecule has 0 radical (unpaired) electrons. The Morgan fingerprint density at radius 3 is 1.59 bits per heavy atom. The molecule has 4 aromatic rings. The Morgan fingerprint density at radius 2 is 1.15 bits per heavy atom. The van der Waals surface area contributed by atoms with Crippen LogP contribution in [0.4, 0.5) is 0 Å². The normalized spacial score (nSPS) is 11.1. The average molecular weight is 491 g/mol. The van der Waals surface area contributed by atoms with Crippen LogP contribution in [0.1, 0.15) is 30.9 Å². The Bertz CT molecular complexity index is 1200. The summed E-state index contributed by atoms with van der Waals surface area (Å²) >= 11 is 0. The van der Waals surface area contributed by atoms with Crippen molar-refractivity contribution >= 4 is 21.0 Å². The summed E-state index contributed by atoms with van der Waals surface area (Å²) in [5, 5.41) is 0. The molecular formula is C29H30O3S2. The fourth-order valence-corrected chi connectivity index (χ4v) is 5.95. The first-order valence-corrected chi connectivity index (χ1v) is 14.0. The minimum absolute atomic E-state index is 0.0229. The van der Waals surface area contributed by atoms with Crippen LogP contribution < -0.4 is 0 Å². The summed E-state index contributed by atoms with van der Waals surface area (Å²) in [5.41, 5.74) is 2.37. The lowest BCUT2D eigenvalue weighted by molar-refractivity contribution is 0.463. The second kappa shape index (κ2) is 12.6. The lowest BCUT2D eigenvalue weighted by Crippen LogP contribution is -2.04. The zero-order chi connectivity index (χ0) is 24.4. The molecule has 0 fully saturated rings. The van der Waals surface area contributed by atoms with Gasteiger partial charge in [-0.15, -0.1) is 0 Å². The predicted molar refractivity (Wildman–Crippen MR) is 139 cm³/mol. The monoisotopic (exact) mass is 490 g/mol. The minimum Gasteiger partial charge on any atom is -0.744 e. The van der Waals surface area contributed by atoms with Crippen molar-refractivity contribution in [3.8, 4) is 0 Å². The van der Waals surface area contributed by atoms with E-state index in [4.69, 9.17) is 0 Å². The fourth-order valence-electron chi connectivity index (χ4n) is 3.40. The summed E-state index contributed by atoms with van der Waals surface area (Å²) in [6.07, 6.45) is 3.10. The Balaban J connectivity index is 0.000000204. The van der Waals surface area contributed by atoms with Gasteiger partial charge in [0.2, 0.25) is 0 Å². The van der Waals surface area contributed by atoms with Crippen LogP contribution in [0.3, 0.4) is 0 Å². The van der Waals surface area contributed by atoms with Gasteiger partial charge in [0, 0.05) is 0 Å². The van der Waals surface area contributed by atoms with Gasteiger partial charge in [-0.25, -0.2) is 8.42 Å². The van der Waals surface area contributed by atoms with Crippen molar-refractivity contribution in [1.82, 2.24) is 0 Å². The molecule has 0 aliphatic rings. The Morgan fingerprint density at radius 1 is 0.676 bits per heavy atom. The van der Waals surface area contributed by atoms with Crippen LogP contribution in [0.15, 0.2) is 129 Å². The van der Waals surface area contributed by atoms with Crippen LogP contribution in [-0.4, -0.2) is 13.0 Å². The highest BCUT2D eigenvalue weighted by atomic mass is 32.2. The molecular weight excluding hydrogens is 460 g/mol. The molecule has 0 atom stereocenters. The van der Waals surface area contributed by atoms with E-state index in [9.17, 15) is 13.0 Å². The summed E-state index contributed by atoms with van der Waals surface area (Å²) in [6, 6.07) is 36.5. The molecule has 3 nitrogen and oxygen atoms in total. The topological polar surface area (TPSA) is 57.2 Å². The lowest BCUT2D eigenvalue weighted by Gasteiger charge is -2.07. The van der Waals surface area contributed by atoms with Crippen molar-refractivity contribution in [1.29, 1.82) is 0 Å². The Labute approximate surface area is 206 Å². The molecule has 5 heteroatoms. The van der Waals surface area contributed by atoms with E-state index in [0.717, 1.165) is 24.8 Å². The van der Waals surface area contributed by atoms with E-state index in [-0.39, 0.29) is 15.8 Å². The third kappa shape index (κ3) is 7.59. The second-order valence-corrected chi connectivity index (χ2v) is 11.4. The Hall–Kier alpha value is -2.86. The number of rotatable bonds is 7. The quantitative estimate of drug-likeness (QED) is 0.206. The van der Waals surface area contributed by atoms with Crippen molar-refractivity contribution in [3.05, 3.63) is 120 Å². The third-order valence-electron chi connectivity index (χ3n) is 5.25. The minimum atomic E-state index is -4.29. The van der Waals surface area contributed by atoms with Crippen molar-refractivity contribution in [2.24, 2.45) is 0 Å². The molecule has 0 aliphatic carbocycles. The molecule has 0 bridgehead atoms. The SMILES string of the molecule is CCCCc1ccc(S(=O)(=O)[O-])cc1.Cc1ccc([S+](c2ccccc2)c2ccccc2)cc1. The van der Waals surface area contributed by atoms with Gasteiger partial charge in [0.25, 0.3) is 0 Å². The first-order valence-electron chi connectivity index (χ1n) is 11.3. The van der Waals surface area contributed by atoms with Crippen LogP contribution >= 0.6 is 0 Å². The molecule has 0 amide bonds. The molecule has 34 heavy (non-hydrogen) atoms. The zero-order valence-electron chi connectivity index (χ0n) is 19.6. The summed E-state index contributed by atoms with van der Waals surface area (Å²) in [6.45, 7) is 4.23. The molecule has 0 unspecified atom stereocenters. The van der Waals surface area contributed by atoms with Crippen LogP contribution in [0.5, 0.6) is 0 Å². The Kier molecular flexibility index (Phi) is 9.52. The van der Waals surface area contributed by atoms with Crippen molar-refractivity contribution in [2.45, 2.75) is 52.7 Å². The predicted octanol–water partition coefficient (Wildman–Crippen LogP) is 7.02. The number of unbranched alkanes of at least 4 members (excludes halogenated alkanes) is 1. The maximum Gasteiger partial charge on any atom is 0.166 e. The average Bonchev–Trinajstić information content (AvgIpc) is 2.86. The van der Waals surface area contributed by atoms with Gasteiger partial charge >= 0.3 is 0 Å². The van der Waals surface area contributed by atoms with Gasteiger partial charge in [-0.1, -0.05) is 79.6 Å². The number of hydrogen-bond acceptors (Lipinski definition) is 3. The number of benzene rings is 4. The van der Waals surface area contributed by atoms with Crippen LogP contribution in [-0.2, 0) is 27.4 Å². The van der Waals surface area contributed by atoms with Gasteiger partial charge in [0.1, 0.15) is 10.1 Å². The van der Waals surface area contributed by atoms with Gasteiger partial charge in [-0.05, 0) is 73.9 Å². The molecule has 0 aromatic heterocycles. The zero-order valence-corrected chi connectivity index (χ0v) is 21.2. The molecule has 0 heterocycles. The van der Waals surface area contributed by atoms with Crippen molar-refractivity contribution in [2.75, 3.05) is 0 Å². The first kappa shape index (κ1) is 25.8. The molecule has 0 spiro atoms. The highest BCUT2D eigenvalue weighted by molar-refractivity contribution is 7.97. The van der Waals surface area contributed by atoms with Crippen LogP contribution in [0, 0.1) is 6.92 Å². The molecule has 4 aromatic carbocycles. The van der Waals surface area contributed by atoms with E-state index in [1.807, 2.05) is 0 Å². The van der Waals surface area contributed by atoms with Gasteiger partial charge in [-0.2, -0.15) is 0 Å². The van der Waals surface area contributed by atoms with Gasteiger partial charge in [0.05, 0.1) is 15.8 Å². The van der Waals surface area contributed by atoms with E-state index in [1.165, 1.54) is 32.4 Å². The molecule has 4 rings (SSSR count). The first-order chi connectivity index (χ1) is 16.4. The smallest absolute Gasteiger partial charge is 0.166 e. The summed E-state index contributed by atoms with van der Waals surface area (Å²) < 4.78 is 31.8. The summed E-state index contributed by atoms with van der Waals surface area (Å²) in [4.78, 5) is 3.94. The van der Waals surface area contributed by atoms with Crippen LogP contribution in [0.2, 0.25) is 0 Å². The number of aryl methyl sites for hydroxylation is 2. The van der Waals surface area contributed by atoms with E-state index >= 15 is 0 Å². The highest BCUT2D eigenvalue weighted by Crippen LogP contribution is 2.30. The van der Waals surface area contributed by atoms with Crippen molar-refractivity contribution < 1.29 is 13.0 Å². The maximum absolute atomic E-state index is 10.6. The molecule has 0 saturated carbocycles. The van der Waals surface area contributed by atoms with E-state index in [0.29, 0.717) is 0 Å². The maximum atomic E-state index is 10.6. The third-order valence-corrected chi connectivity index (χ3v) is 8.33. The fraction of sp³-hybridized carbons (Fsp3) is 0.172. The summed E-state index contributed by atoms with van der Waals surface area (Å²) in [5.74, 6) is 0. The van der Waals surface area contributed by atoms with Crippen molar-refractivity contribution in [3.63, 3.8) is 0 Å². The van der Waals surface area contributed by atoms with Gasteiger partial charge in [-0.3, -0.25) is 0 Å². The van der Waals surface area contributed by atoms with Gasteiger partial charge in [0.15, 0.2) is 14.7 Å². The molecule has 0 N–H and O–H groups in total. The molecule has 0 saturated heterocycles. The second-order valence-electron chi connectivity index (χ2n) is 7.95. The lowest BCUT2D eigenvalue weighted by atomic mass is 10.1.